The molecule has 1 heterocycles. The summed E-state index contributed by atoms with van der Waals surface area (Å²) in [6.45, 7) is 15.8. The standard InChI is InChI=1S/C21H44N3/c1-6-10-12-19(8-3)14-23-16-21(5,22)17-24(18-23)15-20(9-4)13-11-7-2/h18-20H,6-17,22H2,1-5H3/q+1. The Morgan fingerprint density at radius 3 is 2.17 bits per heavy atom. The van der Waals surface area contributed by atoms with E-state index in [1.165, 1.54) is 64.5 Å². The maximum Gasteiger partial charge on any atom is 0.234 e. The smallest absolute Gasteiger partial charge is 0.234 e. The van der Waals surface area contributed by atoms with Crippen LogP contribution in [0.15, 0.2) is 0 Å². The van der Waals surface area contributed by atoms with Crippen molar-refractivity contribution in [2.45, 2.75) is 91.5 Å². The summed E-state index contributed by atoms with van der Waals surface area (Å²) in [6.07, 6.45) is 13.0. The lowest BCUT2D eigenvalue weighted by molar-refractivity contribution is -0.548. The van der Waals surface area contributed by atoms with E-state index in [1.807, 2.05) is 0 Å². The lowest BCUT2D eigenvalue weighted by Crippen LogP contribution is -2.59. The van der Waals surface area contributed by atoms with Gasteiger partial charge in [0.1, 0.15) is 13.1 Å². The van der Waals surface area contributed by atoms with Crippen molar-refractivity contribution < 1.29 is 4.58 Å². The molecule has 0 fully saturated rings. The van der Waals surface area contributed by atoms with E-state index < -0.39 is 0 Å². The number of nitrogens with zero attached hydrogens (tertiary/aromatic N) is 2. The molecule has 2 N–H and O–H groups in total. The second kappa shape index (κ2) is 11.1. The highest BCUT2D eigenvalue weighted by molar-refractivity contribution is 5.50. The summed E-state index contributed by atoms with van der Waals surface area (Å²) in [7, 11) is 0. The lowest BCUT2D eigenvalue weighted by atomic mass is 9.95. The molecule has 0 amide bonds. The topological polar surface area (TPSA) is 32.3 Å². The van der Waals surface area contributed by atoms with Crippen molar-refractivity contribution in [3.8, 4) is 0 Å². The summed E-state index contributed by atoms with van der Waals surface area (Å²) in [4.78, 5) is 2.51. The van der Waals surface area contributed by atoms with Gasteiger partial charge >= 0.3 is 0 Å². The summed E-state index contributed by atoms with van der Waals surface area (Å²) in [5, 5.41) is 0. The molecule has 1 aliphatic heterocycles. The second-order valence-electron chi connectivity index (χ2n) is 8.46. The Bertz CT molecular complexity index is 362. The molecular weight excluding hydrogens is 294 g/mol. The quantitative estimate of drug-likeness (QED) is 0.532. The van der Waals surface area contributed by atoms with E-state index in [-0.39, 0.29) is 5.54 Å². The van der Waals surface area contributed by atoms with Crippen LogP contribution in [0.1, 0.15) is 86.0 Å². The van der Waals surface area contributed by atoms with Gasteiger partial charge in [0.25, 0.3) is 0 Å². The fraction of sp³-hybridized carbons (Fsp3) is 0.952. The number of rotatable bonds is 12. The highest BCUT2D eigenvalue weighted by atomic mass is 15.3. The molecule has 3 unspecified atom stereocenters. The molecule has 1 aliphatic rings. The van der Waals surface area contributed by atoms with Crippen molar-refractivity contribution in [1.29, 1.82) is 0 Å². The fourth-order valence-corrected chi connectivity index (χ4v) is 4.01. The van der Waals surface area contributed by atoms with Gasteiger partial charge in [-0.1, -0.05) is 53.4 Å². The molecule has 0 radical (unpaired) electrons. The van der Waals surface area contributed by atoms with Crippen molar-refractivity contribution in [3.63, 3.8) is 0 Å². The maximum atomic E-state index is 6.59. The highest BCUT2D eigenvalue weighted by Gasteiger charge is 2.34. The van der Waals surface area contributed by atoms with Gasteiger partial charge in [-0.05, 0) is 44.4 Å². The zero-order valence-electron chi connectivity index (χ0n) is 17.2. The zero-order chi connectivity index (χ0) is 18.0. The van der Waals surface area contributed by atoms with Crippen LogP contribution < -0.4 is 5.73 Å². The Labute approximate surface area is 151 Å². The van der Waals surface area contributed by atoms with Gasteiger partial charge in [-0.15, -0.1) is 0 Å². The first kappa shape index (κ1) is 21.5. The lowest BCUT2D eigenvalue weighted by Gasteiger charge is -2.34. The third kappa shape index (κ3) is 8.00. The Morgan fingerprint density at radius 2 is 1.62 bits per heavy atom. The highest BCUT2D eigenvalue weighted by Crippen LogP contribution is 2.19. The van der Waals surface area contributed by atoms with Crippen LogP contribution in [-0.2, 0) is 0 Å². The predicted octanol–water partition coefficient (Wildman–Crippen LogP) is 4.49. The summed E-state index contributed by atoms with van der Waals surface area (Å²) < 4.78 is 2.51. The summed E-state index contributed by atoms with van der Waals surface area (Å²) in [6, 6.07) is 0. The minimum Gasteiger partial charge on any atom is -0.319 e. The molecule has 3 heteroatoms. The molecule has 24 heavy (non-hydrogen) atoms. The van der Waals surface area contributed by atoms with Crippen molar-refractivity contribution in [2.75, 3.05) is 26.2 Å². The van der Waals surface area contributed by atoms with Gasteiger partial charge in [-0.3, -0.25) is 9.48 Å². The molecule has 0 saturated carbocycles. The van der Waals surface area contributed by atoms with Gasteiger partial charge in [0, 0.05) is 0 Å². The molecule has 0 bridgehead atoms. The van der Waals surface area contributed by atoms with E-state index in [2.05, 4.69) is 50.4 Å². The molecule has 0 aromatic rings. The number of hydrogen-bond donors (Lipinski definition) is 1. The predicted molar refractivity (Wildman–Crippen MR) is 107 cm³/mol. The first-order valence-electron chi connectivity index (χ1n) is 10.6. The van der Waals surface area contributed by atoms with E-state index in [4.69, 9.17) is 5.73 Å². The fourth-order valence-electron chi connectivity index (χ4n) is 4.01. The van der Waals surface area contributed by atoms with Crippen molar-refractivity contribution in [2.24, 2.45) is 17.6 Å². The van der Waals surface area contributed by atoms with Gasteiger partial charge in [-0.25, -0.2) is 0 Å². The normalized spacial score (nSPS) is 23.9. The van der Waals surface area contributed by atoms with E-state index in [9.17, 15) is 0 Å². The van der Waals surface area contributed by atoms with Crippen LogP contribution >= 0.6 is 0 Å². The van der Waals surface area contributed by atoms with Crippen LogP contribution in [0.25, 0.3) is 0 Å². The Hall–Kier alpha value is -0.570. The van der Waals surface area contributed by atoms with Gasteiger partial charge in [0.2, 0.25) is 6.34 Å². The first-order valence-corrected chi connectivity index (χ1v) is 10.6. The van der Waals surface area contributed by atoms with Crippen molar-refractivity contribution in [3.05, 3.63) is 0 Å². The molecular formula is C21H44N3+. The Morgan fingerprint density at radius 1 is 1.04 bits per heavy atom. The van der Waals surface area contributed by atoms with Crippen molar-refractivity contribution >= 4 is 6.34 Å². The largest absolute Gasteiger partial charge is 0.319 e. The maximum absolute atomic E-state index is 6.59. The van der Waals surface area contributed by atoms with Crippen LogP contribution in [0.5, 0.6) is 0 Å². The number of hydrogen-bond acceptors (Lipinski definition) is 2. The van der Waals surface area contributed by atoms with Crippen LogP contribution in [0, 0.1) is 11.8 Å². The average Bonchev–Trinajstić information content (AvgIpc) is 2.53. The van der Waals surface area contributed by atoms with Crippen LogP contribution in [0.4, 0.5) is 0 Å². The third-order valence-corrected chi connectivity index (χ3v) is 5.53. The van der Waals surface area contributed by atoms with Crippen molar-refractivity contribution in [1.82, 2.24) is 4.90 Å². The SMILES string of the molecule is CCCCC(CC)CN1C=[N+](CC(CC)CCCC)CC(C)(N)C1. The molecule has 0 aliphatic carbocycles. The molecule has 142 valence electrons. The van der Waals surface area contributed by atoms with Crippen LogP contribution in [0.3, 0.4) is 0 Å². The van der Waals surface area contributed by atoms with E-state index in [1.54, 1.807) is 0 Å². The number of unbranched alkanes of at least 4 members (excludes halogenated alkanes) is 2. The zero-order valence-corrected chi connectivity index (χ0v) is 17.2. The molecule has 0 spiro atoms. The summed E-state index contributed by atoms with van der Waals surface area (Å²) in [5.41, 5.74) is 6.49. The first-order chi connectivity index (χ1) is 11.4. The second-order valence-corrected chi connectivity index (χ2v) is 8.46. The molecule has 1 rings (SSSR count). The minimum absolute atomic E-state index is 0.0964. The van der Waals surface area contributed by atoms with Gasteiger partial charge < -0.3 is 5.73 Å². The van der Waals surface area contributed by atoms with Crippen LogP contribution in [0.2, 0.25) is 0 Å². The molecule has 0 aromatic carbocycles. The van der Waals surface area contributed by atoms with E-state index in [0.717, 1.165) is 24.9 Å². The summed E-state index contributed by atoms with van der Waals surface area (Å²) >= 11 is 0. The van der Waals surface area contributed by atoms with Gasteiger partial charge in [-0.2, -0.15) is 0 Å². The Balaban J connectivity index is 2.70. The number of nitrogens with two attached hydrogens (primary N) is 1. The molecule has 0 saturated heterocycles. The summed E-state index contributed by atoms with van der Waals surface area (Å²) in [5.74, 6) is 1.61. The van der Waals surface area contributed by atoms with Crippen LogP contribution in [-0.4, -0.2) is 47.5 Å². The monoisotopic (exact) mass is 338 g/mol. The molecule has 0 aromatic heterocycles. The molecule has 3 nitrogen and oxygen atoms in total. The third-order valence-electron chi connectivity index (χ3n) is 5.53. The minimum atomic E-state index is -0.0964. The Kier molecular flexibility index (Phi) is 9.95. The van der Waals surface area contributed by atoms with E-state index in [0.29, 0.717) is 0 Å². The van der Waals surface area contributed by atoms with Gasteiger partial charge in [0.15, 0.2) is 0 Å². The average molecular weight is 339 g/mol. The van der Waals surface area contributed by atoms with Gasteiger partial charge in [0.05, 0.1) is 18.6 Å². The molecule has 3 atom stereocenters. The van der Waals surface area contributed by atoms with E-state index >= 15 is 0 Å².